The molecule has 0 unspecified atom stereocenters. The molecule has 0 aliphatic rings. The molecule has 15 heavy (non-hydrogen) atoms. The van der Waals surface area contributed by atoms with Gasteiger partial charge in [0, 0.05) is 13.6 Å². The fourth-order valence-corrected chi connectivity index (χ4v) is 1.02. The summed E-state index contributed by atoms with van der Waals surface area (Å²) in [5.74, 6) is -0.483. The predicted molar refractivity (Wildman–Crippen MR) is 55.1 cm³/mol. The molecular formula is C10H13FN2O2. The smallest absolute Gasteiger partial charge is 0.321 e. The van der Waals surface area contributed by atoms with Crippen molar-refractivity contribution < 1.29 is 14.3 Å². The van der Waals surface area contributed by atoms with Crippen molar-refractivity contribution in [1.29, 1.82) is 0 Å². The van der Waals surface area contributed by atoms with E-state index in [1.807, 2.05) is 0 Å². The molecule has 5 heteroatoms. The van der Waals surface area contributed by atoms with Crippen molar-refractivity contribution in [1.82, 2.24) is 4.90 Å². The summed E-state index contributed by atoms with van der Waals surface area (Å²) in [5.41, 5.74) is 0.132. The standard InChI is InChI=1S/C10H13FN2O2/c1-13(6-7-14)10(15)12-9-5-3-2-4-8(9)11/h2-5,14H,6-7H2,1H3,(H,12,15). The van der Waals surface area contributed by atoms with Gasteiger partial charge in [-0.2, -0.15) is 0 Å². The Morgan fingerprint density at radius 2 is 2.20 bits per heavy atom. The monoisotopic (exact) mass is 212 g/mol. The molecule has 0 saturated carbocycles. The Hall–Kier alpha value is -1.62. The average Bonchev–Trinajstić information content (AvgIpc) is 2.21. The first kappa shape index (κ1) is 11.5. The van der Waals surface area contributed by atoms with Crippen LogP contribution in [0, 0.1) is 5.82 Å². The van der Waals surface area contributed by atoms with Gasteiger partial charge in [-0.3, -0.25) is 0 Å². The maximum atomic E-state index is 13.1. The quantitative estimate of drug-likeness (QED) is 0.793. The maximum Gasteiger partial charge on any atom is 0.321 e. The number of nitrogens with one attached hydrogen (secondary N) is 1. The van der Waals surface area contributed by atoms with E-state index in [2.05, 4.69) is 5.32 Å². The average molecular weight is 212 g/mol. The summed E-state index contributed by atoms with van der Waals surface area (Å²) in [7, 11) is 1.52. The zero-order valence-electron chi connectivity index (χ0n) is 8.40. The number of likely N-dealkylation sites (N-methyl/N-ethyl adjacent to an activating group) is 1. The van der Waals surface area contributed by atoms with Crippen molar-refractivity contribution in [3.63, 3.8) is 0 Å². The van der Waals surface area contributed by atoms with Crippen LogP contribution in [0.3, 0.4) is 0 Å². The topological polar surface area (TPSA) is 52.6 Å². The molecule has 1 aromatic carbocycles. The molecule has 0 aromatic heterocycles. The Kier molecular flexibility index (Phi) is 4.05. The van der Waals surface area contributed by atoms with Gasteiger partial charge < -0.3 is 15.3 Å². The van der Waals surface area contributed by atoms with Crippen LogP contribution in [-0.2, 0) is 0 Å². The molecule has 0 atom stereocenters. The first-order valence-electron chi connectivity index (χ1n) is 4.52. The number of rotatable bonds is 3. The number of aliphatic hydroxyl groups is 1. The number of amides is 2. The number of aliphatic hydroxyl groups excluding tert-OH is 1. The zero-order chi connectivity index (χ0) is 11.3. The summed E-state index contributed by atoms with van der Waals surface area (Å²) in [6.07, 6.45) is 0. The van der Waals surface area contributed by atoms with E-state index < -0.39 is 11.8 Å². The van der Waals surface area contributed by atoms with Crippen LogP contribution in [0.4, 0.5) is 14.9 Å². The first-order chi connectivity index (χ1) is 7.15. The lowest BCUT2D eigenvalue weighted by atomic mass is 10.3. The summed E-state index contributed by atoms with van der Waals surface area (Å²) in [6.45, 7) is 0.0848. The van der Waals surface area contributed by atoms with E-state index in [1.54, 1.807) is 12.1 Å². The van der Waals surface area contributed by atoms with Gasteiger partial charge in [-0.15, -0.1) is 0 Å². The maximum absolute atomic E-state index is 13.1. The summed E-state index contributed by atoms with van der Waals surface area (Å²) >= 11 is 0. The van der Waals surface area contributed by atoms with Crippen LogP contribution < -0.4 is 5.32 Å². The van der Waals surface area contributed by atoms with Crippen LogP contribution in [0.25, 0.3) is 0 Å². The minimum Gasteiger partial charge on any atom is -0.395 e. The number of anilines is 1. The van der Waals surface area contributed by atoms with E-state index in [0.717, 1.165) is 0 Å². The number of carbonyl (C=O) groups excluding carboxylic acids is 1. The SMILES string of the molecule is CN(CCO)C(=O)Nc1ccccc1F. The van der Waals surface area contributed by atoms with Crippen molar-refractivity contribution in [2.45, 2.75) is 0 Å². The molecule has 0 heterocycles. The molecule has 2 N–H and O–H groups in total. The molecule has 0 saturated heterocycles. The summed E-state index contributed by atoms with van der Waals surface area (Å²) in [6, 6.07) is 5.46. The van der Waals surface area contributed by atoms with Gasteiger partial charge in [0.05, 0.1) is 12.3 Å². The Bertz CT molecular complexity index is 344. The highest BCUT2D eigenvalue weighted by Gasteiger charge is 2.09. The van der Waals surface area contributed by atoms with Gasteiger partial charge >= 0.3 is 6.03 Å². The second-order valence-corrected chi connectivity index (χ2v) is 3.06. The molecule has 2 amide bonds. The highest BCUT2D eigenvalue weighted by Crippen LogP contribution is 2.12. The van der Waals surface area contributed by atoms with Crippen molar-refractivity contribution in [3.8, 4) is 0 Å². The molecule has 1 aromatic rings. The summed E-state index contributed by atoms with van der Waals surface area (Å²) in [5, 5.41) is 11.0. The van der Waals surface area contributed by atoms with Gasteiger partial charge in [0.25, 0.3) is 0 Å². The van der Waals surface area contributed by atoms with Crippen LogP contribution in [-0.4, -0.2) is 36.2 Å². The largest absolute Gasteiger partial charge is 0.395 e. The normalized spacial score (nSPS) is 9.80. The van der Waals surface area contributed by atoms with E-state index in [-0.39, 0.29) is 18.8 Å². The van der Waals surface area contributed by atoms with Crippen molar-refractivity contribution >= 4 is 11.7 Å². The zero-order valence-corrected chi connectivity index (χ0v) is 8.40. The van der Waals surface area contributed by atoms with Crippen LogP contribution in [0.5, 0.6) is 0 Å². The van der Waals surface area contributed by atoms with E-state index in [4.69, 9.17) is 5.11 Å². The van der Waals surface area contributed by atoms with Crippen molar-refractivity contribution in [3.05, 3.63) is 30.1 Å². The van der Waals surface area contributed by atoms with Crippen LogP contribution in [0.1, 0.15) is 0 Å². The summed E-state index contributed by atoms with van der Waals surface area (Å²) in [4.78, 5) is 12.7. The number of hydrogen-bond donors (Lipinski definition) is 2. The lowest BCUT2D eigenvalue weighted by Gasteiger charge is -2.16. The molecule has 0 aliphatic carbocycles. The highest BCUT2D eigenvalue weighted by atomic mass is 19.1. The van der Waals surface area contributed by atoms with E-state index in [1.165, 1.54) is 24.1 Å². The lowest BCUT2D eigenvalue weighted by Crippen LogP contribution is -2.33. The fraction of sp³-hybridized carbons (Fsp3) is 0.300. The van der Waals surface area contributed by atoms with Gasteiger partial charge in [0.1, 0.15) is 5.82 Å². The number of urea groups is 1. The molecule has 0 radical (unpaired) electrons. The molecule has 1 rings (SSSR count). The number of hydrogen-bond acceptors (Lipinski definition) is 2. The second kappa shape index (κ2) is 5.31. The highest BCUT2D eigenvalue weighted by molar-refractivity contribution is 5.89. The second-order valence-electron chi connectivity index (χ2n) is 3.06. The van der Waals surface area contributed by atoms with Gasteiger partial charge in [-0.25, -0.2) is 9.18 Å². The number of benzene rings is 1. The molecule has 82 valence electrons. The predicted octanol–water partition coefficient (Wildman–Crippen LogP) is 1.28. The number of carbonyl (C=O) groups is 1. The van der Waals surface area contributed by atoms with E-state index >= 15 is 0 Å². The fourth-order valence-electron chi connectivity index (χ4n) is 1.02. The van der Waals surface area contributed by atoms with E-state index in [0.29, 0.717) is 0 Å². The van der Waals surface area contributed by atoms with Crippen molar-refractivity contribution in [2.24, 2.45) is 0 Å². The molecular weight excluding hydrogens is 199 g/mol. The first-order valence-corrected chi connectivity index (χ1v) is 4.52. The van der Waals surface area contributed by atoms with Gasteiger partial charge in [0.15, 0.2) is 0 Å². The molecule has 0 fully saturated rings. The molecule has 0 spiro atoms. The molecule has 0 bridgehead atoms. The molecule has 0 aliphatic heterocycles. The van der Waals surface area contributed by atoms with Crippen LogP contribution >= 0.6 is 0 Å². The lowest BCUT2D eigenvalue weighted by molar-refractivity contribution is 0.202. The van der Waals surface area contributed by atoms with Crippen molar-refractivity contribution in [2.75, 3.05) is 25.5 Å². The third-order valence-electron chi connectivity index (χ3n) is 1.90. The Morgan fingerprint density at radius 1 is 1.53 bits per heavy atom. The van der Waals surface area contributed by atoms with Crippen LogP contribution in [0.2, 0.25) is 0 Å². The Labute approximate surface area is 87.3 Å². The summed E-state index contributed by atoms with van der Waals surface area (Å²) < 4.78 is 13.1. The molecule has 4 nitrogen and oxygen atoms in total. The minimum absolute atomic E-state index is 0.124. The van der Waals surface area contributed by atoms with Gasteiger partial charge in [-0.1, -0.05) is 12.1 Å². The third kappa shape index (κ3) is 3.21. The van der Waals surface area contributed by atoms with E-state index in [9.17, 15) is 9.18 Å². The Morgan fingerprint density at radius 3 is 2.80 bits per heavy atom. The van der Waals surface area contributed by atoms with Crippen LogP contribution in [0.15, 0.2) is 24.3 Å². The van der Waals surface area contributed by atoms with Gasteiger partial charge in [0.2, 0.25) is 0 Å². The number of para-hydroxylation sites is 1. The third-order valence-corrected chi connectivity index (χ3v) is 1.90. The number of halogens is 1. The Balaban J connectivity index is 2.62. The van der Waals surface area contributed by atoms with Gasteiger partial charge in [-0.05, 0) is 12.1 Å². The minimum atomic E-state index is -0.483. The number of nitrogens with zero attached hydrogens (tertiary/aromatic N) is 1.